The van der Waals surface area contributed by atoms with Gasteiger partial charge >= 0.3 is 0 Å². The number of piperidine rings is 1. The lowest BCUT2D eigenvalue weighted by molar-refractivity contribution is 0.0245. The number of aliphatic hydroxyl groups is 1. The quantitative estimate of drug-likeness (QED) is 0.897. The third kappa shape index (κ3) is 2.42. The zero-order chi connectivity index (χ0) is 13.5. The van der Waals surface area contributed by atoms with Crippen LogP contribution in [0, 0.1) is 5.41 Å². The van der Waals surface area contributed by atoms with Crippen molar-refractivity contribution in [1.29, 1.82) is 0 Å². The van der Waals surface area contributed by atoms with E-state index in [1.807, 2.05) is 6.07 Å². The number of hydrogen-bond acceptors (Lipinski definition) is 2. The Bertz CT molecular complexity index is 476. The molecule has 104 valence electrons. The van der Waals surface area contributed by atoms with Crippen LogP contribution < -0.4 is 0 Å². The fourth-order valence-electron chi connectivity index (χ4n) is 3.72. The van der Waals surface area contributed by atoms with Crippen molar-refractivity contribution in [2.45, 2.75) is 38.6 Å². The average molecular weight is 280 g/mol. The summed E-state index contributed by atoms with van der Waals surface area (Å²) in [7, 11) is 0. The highest BCUT2D eigenvalue weighted by Crippen LogP contribution is 2.42. The van der Waals surface area contributed by atoms with Gasteiger partial charge in [0.15, 0.2) is 0 Å². The van der Waals surface area contributed by atoms with Crippen molar-refractivity contribution in [2.24, 2.45) is 5.41 Å². The molecule has 0 bridgehead atoms. The molecule has 1 aliphatic heterocycles. The second-order valence-corrected chi connectivity index (χ2v) is 6.81. The number of fused-ring (bicyclic) bond motifs is 1. The van der Waals surface area contributed by atoms with Crippen molar-refractivity contribution < 1.29 is 5.11 Å². The number of aliphatic hydroxyl groups excluding tert-OH is 1. The molecule has 1 fully saturated rings. The van der Waals surface area contributed by atoms with Gasteiger partial charge in [0.2, 0.25) is 0 Å². The van der Waals surface area contributed by atoms with Crippen LogP contribution in [-0.4, -0.2) is 29.7 Å². The van der Waals surface area contributed by atoms with E-state index in [9.17, 15) is 5.11 Å². The molecule has 19 heavy (non-hydrogen) atoms. The normalized spacial score (nSPS) is 31.4. The molecule has 1 saturated heterocycles. The summed E-state index contributed by atoms with van der Waals surface area (Å²) < 4.78 is 0. The smallest absolute Gasteiger partial charge is 0.0497 e. The molecule has 3 rings (SSSR count). The summed E-state index contributed by atoms with van der Waals surface area (Å²) in [5.74, 6) is 0. The Morgan fingerprint density at radius 3 is 3.11 bits per heavy atom. The van der Waals surface area contributed by atoms with E-state index in [1.54, 1.807) is 0 Å². The van der Waals surface area contributed by atoms with Crippen LogP contribution in [0.4, 0.5) is 0 Å². The summed E-state index contributed by atoms with van der Waals surface area (Å²) in [4.78, 5) is 2.56. The molecule has 0 amide bonds. The van der Waals surface area contributed by atoms with Gasteiger partial charge in [0.25, 0.3) is 0 Å². The molecular formula is C16H22ClNO. The average Bonchev–Trinajstić information content (AvgIpc) is 2.84. The first kappa shape index (κ1) is 13.4. The molecule has 0 radical (unpaired) electrons. The minimum atomic E-state index is 0.0690. The monoisotopic (exact) mass is 279 g/mol. The zero-order valence-corrected chi connectivity index (χ0v) is 12.3. The lowest BCUT2D eigenvalue weighted by Crippen LogP contribution is -2.44. The molecule has 2 unspecified atom stereocenters. The second-order valence-electron chi connectivity index (χ2n) is 6.40. The van der Waals surface area contributed by atoms with Crippen LogP contribution in [0.2, 0.25) is 5.02 Å². The van der Waals surface area contributed by atoms with Crippen LogP contribution in [0.3, 0.4) is 0 Å². The molecule has 0 spiro atoms. The van der Waals surface area contributed by atoms with Gasteiger partial charge in [0.1, 0.15) is 0 Å². The lowest BCUT2D eigenvalue weighted by atomic mass is 9.82. The highest BCUT2D eigenvalue weighted by Gasteiger charge is 2.36. The summed E-state index contributed by atoms with van der Waals surface area (Å²) in [5.41, 5.74) is 2.82. The van der Waals surface area contributed by atoms with Crippen molar-refractivity contribution in [2.75, 3.05) is 19.7 Å². The molecule has 1 aromatic carbocycles. The number of likely N-dealkylation sites (tertiary alicyclic amines) is 1. The molecule has 0 aromatic heterocycles. The molecule has 1 heterocycles. The Labute approximate surface area is 120 Å². The minimum absolute atomic E-state index is 0.0690. The van der Waals surface area contributed by atoms with Crippen molar-refractivity contribution in [1.82, 2.24) is 4.90 Å². The molecule has 1 aliphatic carbocycles. The summed E-state index contributed by atoms with van der Waals surface area (Å²) in [6, 6.07) is 6.79. The standard InChI is InChI=1S/C16H22ClNO/c1-16(11-19)8-3-9-18(10-16)15-7-6-12-13(15)4-2-5-14(12)17/h2,4-5,15,19H,3,6-11H2,1H3. The van der Waals surface area contributed by atoms with Gasteiger partial charge in [-0.25, -0.2) is 0 Å². The van der Waals surface area contributed by atoms with E-state index in [2.05, 4.69) is 24.0 Å². The fraction of sp³-hybridized carbons (Fsp3) is 0.625. The molecule has 0 saturated carbocycles. The first-order valence-corrected chi connectivity index (χ1v) is 7.63. The number of benzene rings is 1. The predicted octanol–water partition coefficient (Wildman–Crippen LogP) is 3.42. The third-order valence-corrected chi connectivity index (χ3v) is 5.17. The molecular weight excluding hydrogens is 258 g/mol. The molecule has 2 nitrogen and oxygen atoms in total. The summed E-state index contributed by atoms with van der Waals surface area (Å²) in [5, 5.41) is 10.5. The summed E-state index contributed by atoms with van der Waals surface area (Å²) in [6.45, 7) is 4.64. The van der Waals surface area contributed by atoms with E-state index in [4.69, 9.17) is 11.6 Å². The Balaban J connectivity index is 1.84. The van der Waals surface area contributed by atoms with Gasteiger partial charge in [-0.15, -0.1) is 0 Å². The van der Waals surface area contributed by atoms with E-state index >= 15 is 0 Å². The minimum Gasteiger partial charge on any atom is -0.396 e. The lowest BCUT2D eigenvalue weighted by Gasteiger charge is -2.42. The van der Waals surface area contributed by atoms with E-state index in [0.717, 1.165) is 31.0 Å². The number of nitrogens with zero attached hydrogens (tertiary/aromatic N) is 1. The maximum absolute atomic E-state index is 9.60. The van der Waals surface area contributed by atoms with Crippen molar-refractivity contribution in [3.63, 3.8) is 0 Å². The van der Waals surface area contributed by atoms with Crippen molar-refractivity contribution in [3.8, 4) is 0 Å². The fourth-order valence-corrected chi connectivity index (χ4v) is 4.00. The maximum atomic E-state index is 9.60. The SMILES string of the molecule is CC1(CO)CCCN(C2CCc3c(Cl)cccc32)C1. The van der Waals surface area contributed by atoms with Crippen LogP contribution in [-0.2, 0) is 6.42 Å². The van der Waals surface area contributed by atoms with Gasteiger partial charge in [0.05, 0.1) is 0 Å². The van der Waals surface area contributed by atoms with Crippen LogP contribution in [0.15, 0.2) is 18.2 Å². The Morgan fingerprint density at radius 1 is 1.47 bits per heavy atom. The molecule has 3 heteroatoms. The Morgan fingerprint density at radius 2 is 2.32 bits per heavy atom. The van der Waals surface area contributed by atoms with Gasteiger partial charge in [-0.2, -0.15) is 0 Å². The van der Waals surface area contributed by atoms with Crippen molar-refractivity contribution in [3.05, 3.63) is 34.3 Å². The highest BCUT2D eigenvalue weighted by molar-refractivity contribution is 6.31. The topological polar surface area (TPSA) is 23.5 Å². The van der Waals surface area contributed by atoms with E-state index in [1.165, 1.54) is 24.0 Å². The van der Waals surface area contributed by atoms with Crippen LogP contribution in [0.1, 0.15) is 43.4 Å². The first-order chi connectivity index (χ1) is 9.13. The molecule has 2 aliphatic rings. The molecule has 2 atom stereocenters. The zero-order valence-electron chi connectivity index (χ0n) is 11.5. The molecule has 1 N–H and O–H groups in total. The second kappa shape index (κ2) is 5.08. The highest BCUT2D eigenvalue weighted by atomic mass is 35.5. The third-order valence-electron chi connectivity index (χ3n) is 4.81. The van der Waals surface area contributed by atoms with Crippen LogP contribution in [0.25, 0.3) is 0 Å². The van der Waals surface area contributed by atoms with Crippen molar-refractivity contribution >= 4 is 11.6 Å². The Kier molecular flexibility index (Phi) is 3.59. The Hall–Kier alpha value is -0.570. The van der Waals surface area contributed by atoms with E-state index in [-0.39, 0.29) is 5.41 Å². The van der Waals surface area contributed by atoms with Gasteiger partial charge in [-0.05, 0) is 49.4 Å². The largest absolute Gasteiger partial charge is 0.396 e. The van der Waals surface area contributed by atoms with E-state index < -0.39 is 0 Å². The number of halogens is 1. The van der Waals surface area contributed by atoms with E-state index in [0.29, 0.717) is 12.6 Å². The van der Waals surface area contributed by atoms with Gasteiger partial charge < -0.3 is 5.11 Å². The van der Waals surface area contributed by atoms with Gasteiger partial charge in [-0.3, -0.25) is 4.90 Å². The van der Waals surface area contributed by atoms with Crippen LogP contribution >= 0.6 is 11.6 Å². The summed E-state index contributed by atoms with van der Waals surface area (Å²) in [6.07, 6.45) is 4.57. The number of hydrogen-bond donors (Lipinski definition) is 1. The molecule has 1 aromatic rings. The van der Waals surface area contributed by atoms with Gasteiger partial charge in [0, 0.05) is 29.6 Å². The first-order valence-electron chi connectivity index (χ1n) is 7.25. The maximum Gasteiger partial charge on any atom is 0.0497 e. The predicted molar refractivity (Wildman–Crippen MR) is 78.5 cm³/mol. The summed E-state index contributed by atoms with van der Waals surface area (Å²) >= 11 is 6.30. The van der Waals surface area contributed by atoms with Crippen LogP contribution in [0.5, 0.6) is 0 Å². The van der Waals surface area contributed by atoms with Gasteiger partial charge in [-0.1, -0.05) is 30.7 Å². The number of rotatable bonds is 2.